The van der Waals surface area contributed by atoms with Crippen LogP contribution in [0.2, 0.25) is 0 Å². The maximum Gasteiger partial charge on any atom is 0.257 e. The molecule has 19 heavy (non-hydrogen) atoms. The highest BCUT2D eigenvalue weighted by Crippen LogP contribution is 2.29. The fourth-order valence-corrected chi connectivity index (χ4v) is 2.20. The lowest BCUT2D eigenvalue weighted by molar-refractivity contribution is -0.121. The number of rotatable bonds is 1. The van der Waals surface area contributed by atoms with Crippen LogP contribution < -0.4 is 5.32 Å². The lowest BCUT2D eigenvalue weighted by Crippen LogP contribution is -2.27. The Morgan fingerprint density at radius 2 is 1.63 bits per heavy atom. The Morgan fingerprint density at radius 1 is 0.947 bits per heavy atom. The molecule has 94 valence electrons. The van der Waals surface area contributed by atoms with Crippen molar-refractivity contribution in [2.24, 2.45) is 0 Å². The summed E-state index contributed by atoms with van der Waals surface area (Å²) in [4.78, 5) is 12.0. The summed E-state index contributed by atoms with van der Waals surface area (Å²) in [7, 11) is 0. The minimum atomic E-state index is -1.16. The van der Waals surface area contributed by atoms with Gasteiger partial charge in [0.05, 0.1) is 0 Å². The van der Waals surface area contributed by atoms with Gasteiger partial charge >= 0.3 is 0 Å². The minimum absolute atomic E-state index is 0.403. The van der Waals surface area contributed by atoms with Crippen molar-refractivity contribution in [3.8, 4) is 0 Å². The number of nitrogens with one attached hydrogen (secondary N) is 1. The Bertz CT molecular complexity index is 647. The molecule has 0 spiro atoms. The standard InChI is InChI=1S/C16H13NO2/c18-15-13(11-6-2-1-3-7-11)10-12-8-4-5-9-14(12)17-16(15)19/h1-10,15,18H,(H,17,19). The maximum absolute atomic E-state index is 12.0. The zero-order valence-electron chi connectivity index (χ0n) is 10.2. The van der Waals surface area contributed by atoms with Gasteiger partial charge in [0.15, 0.2) is 6.10 Å². The summed E-state index contributed by atoms with van der Waals surface area (Å²) in [6.45, 7) is 0. The SMILES string of the molecule is O=C1Nc2ccccc2C=C(c2ccccc2)C1O. The molecule has 1 heterocycles. The Hall–Kier alpha value is -2.39. The van der Waals surface area contributed by atoms with Crippen LogP contribution in [-0.4, -0.2) is 17.1 Å². The van der Waals surface area contributed by atoms with Crippen molar-refractivity contribution in [3.05, 3.63) is 65.7 Å². The van der Waals surface area contributed by atoms with E-state index in [2.05, 4.69) is 5.32 Å². The Labute approximate surface area is 111 Å². The molecule has 0 radical (unpaired) electrons. The van der Waals surface area contributed by atoms with Crippen molar-refractivity contribution in [1.29, 1.82) is 0 Å². The van der Waals surface area contributed by atoms with Crippen LogP contribution in [0.4, 0.5) is 5.69 Å². The van der Waals surface area contributed by atoms with Crippen LogP contribution in [0, 0.1) is 0 Å². The van der Waals surface area contributed by atoms with Gasteiger partial charge in [-0.15, -0.1) is 0 Å². The molecule has 1 aliphatic rings. The summed E-state index contributed by atoms with van der Waals surface area (Å²) in [5.41, 5.74) is 3.08. The van der Waals surface area contributed by atoms with Gasteiger partial charge in [-0.2, -0.15) is 0 Å². The Balaban J connectivity index is 2.16. The highest BCUT2D eigenvalue weighted by atomic mass is 16.3. The minimum Gasteiger partial charge on any atom is -0.378 e. The fraction of sp³-hybridized carbons (Fsp3) is 0.0625. The summed E-state index contributed by atoms with van der Waals surface area (Å²) in [6, 6.07) is 16.9. The van der Waals surface area contributed by atoms with Crippen molar-refractivity contribution < 1.29 is 9.90 Å². The third-order valence-corrected chi connectivity index (χ3v) is 3.18. The van der Waals surface area contributed by atoms with Crippen molar-refractivity contribution >= 4 is 23.2 Å². The van der Waals surface area contributed by atoms with Crippen LogP contribution >= 0.6 is 0 Å². The lowest BCUT2D eigenvalue weighted by Gasteiger charge is -2.12. The quantitative estimate of drug-likeness (QED) is 0.818. The normalized spacial score (nSPS) is 18.1. The first-order valence-electron chi connectivity index (χ1n) is 6.11. The first kappa shape index (κ1) is 11.7. The molecule has 0 aliphatic carbocycles. The van der Waals surface area contributed by atoms with E-state index in [-0.39, 0.29) is 0 Å². The van der Waals surface area contributed by atoms with E-state index in [4.69, 9.17) is 0 Å². The predicted octanol–water partition coefficient (Wildman–Crippen LogP) is 2.54. The zero-order chi connectivity index (χ0) is 13.2. The van der Waals surface area contributed by atoms with Gasteiger partial charge in [0.1, 0.15) is 0 Å². The van der Waals surface area contributed by atoms with E-state index in [1.807, 2.05) is 60.7 Å². The number of hydrogen-bond donors (Lipinski definition) is 2. The molecule has 3 nitrogen and oxygen atoms in total. The molecule has 1 atom stereocenters. The van der Waals surface area contributed by atoms with Crippen LogP contribution in [0.1, 0.15) is 11.1 Å². The average Bonchev–Trinajstić information content (AvgIpc) is 2.58. The van der Waals surface area contributed by atoms with Gasteiger partial charge in [-0.25, -0.2) is 0 Å². The summed E-state index contributed by atoms with van der Waals surface area (Å²) in [6.07, 6.45) is 0.697. The molecule has 0 bridgehead atoms. The van der Waals surface area contributed by atoms with Crippen LogP contribution in [0.3, 0.4) is 0 Å². The number of aliphatic hydroxyl groups is 1. The largest absolute Gasteiger partial charge is 0.378 e. The maximum atomic E-state index is 12.0. The molecule has 2 aromatic carbocycles. The van der Waals surface area contributed by atoms with Gasteiger partial charge in [-0.1, -0.05) is 48.5 Å². The van der Waals surface area contributed by atoms with Gasteiger partial charge < -0.3 is 10.4 Å². The second-order valence-corrected chi connectivity index (χ2v) is 4.44. The number of benzene rings is 2. The number of para-hydroxylation sites is 1. The summed E-state index contributed by atoms with van der Waals surface area (Å²) < 4.78 is 0. The van der Waals surface area contributed by atoms with E-state index in [0.29, 0.717) is 5.57 Å². The van der Waals surface area contributed by atoms with Gasteiger partial charge in [0.2, 0.25) is 0 Å². The average molecular weight is 251 g/mol. The molecule has 1 aliphatic heterocycles. The highest BCUT2D eigenvalue weighted by Gasteiger charge is 2.24. The monoisotopic (exact) mass is 251 g/mol. The molecule has 1 unspecified atom stereocenters. The molecule has 0 fully saturated rings. The smallest absolute Gasteiger partial charge is 0.257 e. The number of aliphatic hydroxyl groups excluding tert-OH is 1. The molecular weight excluding hydrogens is 238 g/mol. The molecular formula is C16H13NO2. The van der Waals surface area contributed by atoms with E-state index in [0.717, 1.165) is 16.8 Å². The number of fused-ring (bicyclic) bond motifs is 1. The molecule has 2 aromatic rings. The Morgan fingerprint density at radius 3 is 2.42 bits per heavy atom. The predicted molar refractivity (Wildman–Crippen MR) is 75.4 cm³/mol. The first-order chi connectivity index (χ1) is 9.25. The van der Waals surface area contributed by atoms with E-state index in [1.54, 1.807) is 0 Å². The highest BCUT2D eigenvalue weighted by molar-refractivity contribution is 6.09. The molecule has 3 heteroatoms. The van der Waals surface area contributed by atoms with E-state index in [9.17, 15) is 9.90 Å². The molecule has 0 saturated carbocycles. The molecule has 1 amide bonds. The van der Waals surface area contributed by atoms with Crippen molar-refractivity contribution in [3.63, 3.8) is 0 Å². The second-order valence-electron chi connectivity index (χ2n) is 4.44. The van der Waals surface area contributed by atoms with Gasteiger partial charge in [-0.3, -0.25) is 4.79 Å². The van der Waals surface area contributed by atoms with Crippen molar-refractivity contribution in [1.82, 2.24) is 0 Å². The summed E-state index contributed by atoms with van der Waals surface area (Å²) >= 11 is 0. The second kappa shape index (κ2) is 4.71. The van der Waals surface area contributed by atoms with Crippen molar-refractivity contribution in [2.75, 3.05) is 5.32 Å². The molecule has 0 saturated heterocycles. The molecule has 2 N–H and O–H groups in total. The summed E-state index contributed by atoms with van der Waals surface area (Å²) in [5, 5.41) is 12.9. The number of anilines is 1. The fourth-order valence-electron chi connectivity index (χ4n) is 2.20. The van der Waals surface area contributed by atoms with E-state index in [1.165, 1.54) is 0 Å². The molecule has 0 aromatic heterocycles. The topological polar surface area (TPSA) is 49.3 Å². The summed E-state index contributed by atoms with van der Waals surface area (Å²) in [5.74, 6) is -0.403. The van der Waals surface area contributed by atoms with Gasteiger partial charge in [0, 0.05) is 5.69 Å². The first-order valence-corrected chi connectivity index (χ1v) is 6.11. The van der Waals surface area contributed by atoms with Crippen LogP contribution in [0.5, 0.6) is 0 Å². The van der Waals surface area contributed by atoms with Crippen LogP contribution in [0.25, 0.3) is 11.6 Å². The van der Waals surface area contributed by atoms with Gasteiger partial charge in [-0.05, 0) is 28.8 Å². The molecule has 3 rings (SSSR count). The third kappa shape index (κ3) is 2.16. The number of carbonyl (C=O) groups excluding carboxylic acids is 1. The third-order valence-electron chi connectivity index (χ3n) is 3.18. The van der Waals surface area contributed by atoms with Gasteiger partial charge in [0.25, 0.3) is 5.91 Å². The van der Waals surface area contributed by atoms with Crippen LogP contribution in [0.15, 0.2) is 54.6 Å². The zero-order valence-corrected chi connectivity index (χ0v) is 10.2. The number of carbonyl (C=O) groups is 1. The van der Waals surface area contributed by atoms with E-state index < -0.39 is 12.0 Å². The number of amides is 1. The van der Waals surface area contributed by atoms with Crippen molar-refractivity contribution in [2.45, 2.75) is 6.10 Å². The Kier molecular flexibility index (Phi) is 2.89. The van der Waals surface area contributed by atoms with E-state index >= 15 is 0 Å². The number of hydrogen-bond acceptors (Lipinski definition) is 2. The lowest BCUT2D eigenvalue weighted by atomic mass is 9.98. The van der Waals surface area contributed by atoms with Crippen LogP contribution in [-0.2, 0) is 4.79 Å².